The molecule has 0 saturated carbocycles. The molecule has 0 saturated heterocycles. The van der Waals surface area contributed by atoms with Crippen LogP contribution in [-0.4, -0.2) is 11.5 Å². The Bertz CT molecular complexity index is 182. The summed E-state index contributed by atoms with van der Waals surface area (Å²) in [6, 6.07) is 2.02. The molecular formula is C7H9N2. The number of hydrogen-bond acceptors (Lipinski definition) is 1. The molecule has 2 heteroatoms. The van der Waals surface area contributed by atoms with Crippen LogP contribution in [0.15, 0.2) is 6.07 Å². The molecule has 0 amide bonds. The lowest BCUT2D eigenvalue weighted by atomic mass is 10.1. The predicted octanol–water partition coefficient (Wildman–Crippen LogP) is 0.461. The van der Waals surface area contributed by atoms with Gasteiger partial charge in [0.05, 0.1) is 6.20 Å². The molecule has 0 bridgehead atoms. The second kappa shape index (κ2) is 1.88. The number of fused-ring (bicyclic) bond motifs is 1. The summed E-state index contributed by atoms with van der Waals surface area (Å²) >= 11 is 0. The summed E-state index contributed by atoms with van der Waals surface area (Å²) in [5, 5.41) is 3.29. The molecule has 1 aromatic rings. The van der Waals surface area contributed by atoms with Crippen molar-refractivity contribution in [3.8, 4) is 0 Å². The molecule has 1 aromatic heterocycles. The molecule has 2 heterocycles. The minimum absolute atomic E-state index is 1.01. The quantitative estimate of drug-likeness (QED) is 0.512. The maximum atomic E-state index is 3.29. The van der Waals surface area contributed by atoms with E-state index in [-0.39, 0.29) is 0 Å². The van der Waals surface area contributed by atoms with Crippen molar-refractivity contribution in [1.82, 2.24) is 10.3 Å². The van der Waals surface area contributed by atoms with E-state index in [0.717, 1.165) is 19.5 Å². The van der Waals surface area contributed by atoms with Crippen molar-refractivity contribution in [2.45, 2.75) is 13.0 Å². The van der Waals surface area contributed by atoms with Gasteiger partial charge in [0.2, 0.25) is 0 Å². The van der Waals surface area contributed by atoms with Gasteiger partial charge in [-0.15, -0.1) is 0 Å². The zero-order valence-electron chi connectivity index (χ0n) is 5.20. The van der Waals surface area contributed by atoms with Crippen LogP contribution in [0.25, 0.3) is 0 Å². The van der Waals surface area contributed by atoms with Crippen molar-refractivity contribution in [3.05, 3.63) is 23.5 Å². The zero-order chi connectivity index (χ0) is 6.10. The van der Waals surface area contributed by atoms with Crippen molar-refractivity contribution in [3.63, 3.8) is 0 Å². The first-order valence-electron chi connectivity index (χ1n) is 3.24. The highest BCUT2D eigenvalue weighted by Gasteiger charge is 2.07. The van der Waals surface area contributed by atoms with Gasteiger partial charge in [0.15, 0.2) is 0 Å². The molecule has 0 atom stereocenters. The first-order valence-corrected chi connectivity index (χ1v) is 3.24. The highest BCUT2D eigenvalue weighted by atomic mass is 14.9. The Morgan fingerprint density at radius 2 is 2.56 bits per heavy atom. The number of aromatic nitrogens is 1. The van der Waals surface area contributed by atoms with E-state index >= 15 is 0 Å². The van der Waals surface area contributed by atoms with E-state index in [1.54, 1.807) is 0 Å². The van der Waals surface area contributed by atoms with Gasteiger partial charge in [0, 0.05) is 25.2 Å². The van der Waals surface area contributed by atoms with Crippen LogP contribution < -0.4 is 5.32 Å². The normalized spacial score (nSPS) is 17.3. The van der Waals surface area contributed by atoms with E-state index in [0.29, 0.717) is 0 Å². The Balaban J connectivity index is 2.39. The fraction of sp³-hybridized carbons (Fsp3) is 0.429. The minimum atomic E-state index is 1.01. The van der Waals surface area contributed by atoms with E-state index in [1.165, 1.54) is 11.3 Å². The van der Waals surface area contributed by atoms with Gasteiger partial charge in [-0.2, -0.15) is 0 Å². The number of H-pyrrole nitrogens is 1. The maximum absolute atomic E-state index is 3.29. The molecule has 1 aliphatic rings. The molecule has 1 aliphatic heterocycles. The third kappa shape index (κ3) is 0.754. The van der Waals surface area contributed by atoms with Gasteiger partial charge < -0.3 is 10.3 Å². The van der Waals surface area contributed by atoms with Crippen molar-refractivity contribution in [2.75, 3.05) is 6.54 Å². The highest BCUT2D eigenvalue weighted by molar-refractivity contribution is 5.21. The van der Waals surface area contributed by atoms with Gasteiger partial charge in [0.1, 0.15) is 0 Å². The maximum Gasteiger partial charge on any atom is 0.0625 e. The summed E-state index contributed by atoms with van der Waals surface area (Å²) in [6.07, 6.45) is 4.10. The first kappa shape index (κ1) is 5.06. The van der Waals surface area contributed by atoms with E-state index in [4.69, 9.17) is 0 Å². The molecule has 9 heavy (non-hydrogen) atoms. The molecule has 0 unspecified atom stereocenters. The van der Waals surface area contributed by atoms with Crippen LogP contribution in [0.2, 0.25) is 0 Å². The van der Waals surface area contributed by atoms with Crippen molar-refractivity contribution < 1.29 is 0 Å². The average Bonchev–Trinajstić information content (AvgIpc) is 2.33. The van der Waals surface area contributed by atoms with E-state index in [2.05, 4.69) is 16.5 Å². The minimum Gasteiger partial charge on any atom is -0.357 e. The standard InChI is InChI=1S/C7H9N2/c1-4-9-7-2-3-8-5-6(1)7/h1,8-9H,2-3,5H2. The zero-order valence-corrected chi connectivity index (χ0v) is 5.20. The molecule has 47 valence electrons. The van der Waals surface area contributed by atoms with Gasteiger partial charge in [-0.05, 0) is 11.6 Å². The lowest BCUT2D eigenvalue weighted by Gasteiger charge is -2.11. The SMILES string of the molecule is [c]1cc2c([nH]1)CCNC2. The van der Waals surface area contributed by atoms with Crippen LogP contribution in [0.3, 0.4) is 0 Å². The Hall–Kier alpha value is -0.760. The van der Waals surface area contributed by atoms with E-state index in [1.807, 2.05) is 6.07 Å². The van der Waals surface area contributed by atoms with Crippen LogP contribution in [0.4, 0.5) is 0 Å². The monoisotopic (exact) mass is 121 g/mol. The second-order valence-electron chi connectivity index (χ2n) is 2.34. The summed E-state index contributed by atoms with van der Waals surface area (Å²) in [7, 11) is 0. The van der Waals surface area contributed by atoms with Crippen LogP contribution >= 0.6 is 0 Å². The molecule has 2 N–H and O–H groups in total. The summed E-state index contributed by atoms with van der Waals surface area (Å²) < 4.78 is 0. The van der Waals surface area contributed by atoms with Crippen LogP contribution in [-0.2, 0) is 13.0 Å². The molecule has 2 rings (SSSR count). The molecule has 1 radical (unpaired) electrons. The number of nitrogens with one attached hydrogen (secondary N) is 2. The Kier molecular flexibility index (Phi) is 1.06. The number of hydrogen-bond donors (Lipinski definition) is 2. The summed E-state index contributed by atoms with van der Waals surface area (Å²) in [6.45, 7) is 2.11. The molecule has 0 fully saturated rings. The fourth-order valence-electron chi connectivity index (χ4n) is 1.19. The number of aromatic amines is 1. The molecule has 0 aromatic carbocycles. The van der Waals surface area contributed by atoms with Crippen molar-refractivity contribution in [2.24, 2.45) is 0 Å². The van der Waals surface area contributed by atoms with Crippen LogP contribution in [0.1, 0.15) is 11.3 Å². The second-order valence-corrected chi connectivity index (χ2v) is 2.34. The van der Waals surface area contributed by atoms with Crippen molar-refractivity contribution >= 4 is 0 Å². The largest absolute Gasteiger partial charge is 0.357 e. The summed E-state index contributed by atoms with van der Waals surface area (Å²) in [5.41, 5.74) is 2.73. The number of rotatable bonds is 0. The lowest BCUT2D eigenvalue weighted by Crippen LogP contribution is -2.22. The van der Waals surface area contributed by atoms with E-state index < -0.39 is 0 Å². The van der Waals surface area contributed by atoms with Crippen LogP contribution in [0, 0.1) is 6.20 Å². The van der Waals surface area contributed by atoms with Gasteiger partial charge in [0.25, 0.3) is 0 Å². The third-order valence-corrected chi connectivity index (χ3v) is 1.72. The van der Waals surface area contributed by atoms with Crippen molar-refractivity contribution in [1.29, 1.82) is 0 Å². The lowest BCUT2D eigenvalue weighted by molar-refractivity contribution is 0.638. The van der Waals surface area contributed by atoms with Gasteiger partial charge in [-0.25, -0.2) is 0 Å². The Morgan fingerprint density at radius 1 is 1.56 bits per heavy atom. The Morgan fingerprint density at radius 3 is 3.44 bits per heavy atom. The smallest absolute Gasteiger partial charge is 0.0625 e. The topological polar surface area (TPSA) is 27.8 Å². The fourth-order valence-corrected chi connectivity index (χ4v) is 1.19. The molecule has 0 aliphatic carbocycles. The molecular weight excluding hydrogens is 112 g/mol. The molecule has 2 nitrogen and oxygen atoms in total. The van der Waals surface area contributed by atoms with Gasteiger partial charge in [-0.3, -0.25) is 0 Å². The average molecular weight is 121 g/mol. The molecule has 0 spiro atoms. The van der Waals surface area contributed by atoms with E-state index in [9.17, 15) is 0 Å². The third-order valence-electron chi connectivity index (χ3n) is 1.72. The first-order chi connectivity index (χ1) is 4.47. The van der Waals surface area contributed by atoms with Gasteiger partial charge >= 0.3 is 0 Å². The predicted molar refractivity (Wildman–Crippen MR) is 35.0 cm³/mol. The van der Waals surface area contributed by atoms with Crippen LogP contribution in [0.5, 0.6) is 0 Å². The summed E-state index contributed by atoms with van der Waals surface area (Å²) in [5.74, 6) is 0. The summed E-state index contributed by atoms with van der Waals surface area (Å²) in [4.78, 5) is 3.09. The Labute approximate surface area is 54.3 Å². The van der Waals surface area contributed by atoms with Gasteiger partial charge in [-0.1, -0.05) is 0 Å². The highest BCUT2D eigenvalue weighted by Crippen LogP contribution is 2.09.